The smallest absolute Gasteiger partial charge is 0.256 e. The Balaban J connectivity index is 1.49. The largest absolute Gasteiger partial charge is 0.357 e. The predicted molar refractivity (Wildman–Crippen MR) is 106 cm³/mol. The maximum Gasteiger partial charge on any atom is 0.256 e. The molecule has 1 unspecified atom stereocenters. The topological polar surface area (TPSA) is 61.4 Å². The fraction of sp³-hybridized carbons (Fsp3) is 0.476. The summed E-state index contributed by atoms with van der Waals surface area (Å²) in [7, 11) is 0. The van der Waals surface area contributed by atoms with Gasteiger partial charge in [-0.25, -0.2) is 4.98 Å². The zero-order valence-electron chi connectivity index (χ0n) is 15.8. The molecule has 0 bridgehead atoms. The quantitative estimate of drug-likeness (QED) is 0.906. The minimum Gasteiger partial charge on any atom is -0.357 e. The lowest BCUT2D eigenvalue weighted by Gasteiger charge is -2.36. The van der Waals surface area contributed by atoms with Gasteiger partial charge in [0.15, 0.2) is 0 Å². The summed E-state index contributed by atoms with van der Waals surface area (Å²) in [4.78, 5) is 26.1. The van der Waals surface area contributed by atoms with Crippen molar-refractivity contribution in [3.05, 3.63) is 54.0 Å². The number of nitrogens with zero attached hydrogens (tertiary/aromatic N) is 4. The van der Waals surface area contributed by atoms with Gasteiger partial charge in [-0.2, -0.15) is 0 Å². The minimum atomic E-state index is 0.0255. The average Bonchev–Trinajstić information content (AvgIpc) is 2.74. The number of amides is 1. The van der Waals surface area contributed by atoms with Crippen LogP contribution < -0.4 is 10.2 Å². The molecule has 1 atom stereocenters. The first-order chi connectivity index (χ1) is 13.2. The molecule has 142 valence electrons. The van der Waals surface area contributed by atoms with E-state index in [0.717, 1.165) is 43.5 Å². The van der Waals surface area contributed by atoms with E-state index in [4.69, 9.17) is 0 Å². The number of hydrogen-bond acceptors (Lipinski definition) is 5. The van der Waals surface area contributed by atoms with Crippen LogP contribution >= 0.6 is 0 Å². The molecule has 0 aromatic carbocycles. The second-order valence-electron chi connectivity index (χ2n) is 7.57. The number of piperazine rings is 1. The lowest BCUT2D eigenvalue weighted by atomic mass is 9.99. The molecule has 0 spiro atoms. The van der Waals surface area contributed by atoms with E-state index < -0.39 is 0 Å². The standard InChI is InChI=1S/C21H27N5O/c1-16-6-11-25(12-7-16)20-3-2-18(14-24-20)21(27)26-13-10-23-15-19(26)17-4-8-22-9-5-17/h2-5,8-9,14,16,19,23H,6-7,10-13,15H2,1H3. The zero-order chi connectivity index (χ0) is 18.6. The summed E-state index contributed by atoms with van der Waals surface area (Å²) in [5.41, 5.74) is 1.77. The summed E-state index contributed by atoms with van der Waals surface area (Å²) >= 11 is 0. The number of pyridine rings is 2. The number of anilines is 1. The maximum absolute atomic E-state index is 13.1. The number of aromatic nitrogens is 2. The van der Waals surface area contributed by atoms with Gasteiger partial charge in [0.05, 0.1) is 11.6 Å². The van der Waals surface area contributed by atoms with Gasteiger partial charge in [-0.15, -0.1) is 0 Å². The molecule has 0 radical (unpaired) electrons. The SMILES string of the molecule is CC1CCN(c2ccc(C(=O)N3CCNCC3c3ccncc3)cn2)CC1. The Kier molecular flexibility index (Phi) is 5.34. The minimum absolute atomic E-state index is 0.0255. The summed E-state index contributed by atoms with van der Waals surface area (Å²) in [6.45, 7) is 6.65. The maximum atomic E-state index is 13.1. The first kappa shape index (κ1) is 17.9. The van der Waals surface area contributed by atoms with E-state index >= 15 is 0 Å². The predicted octanol–water partition coefficient (Wildman–Crippen LogP) is 2.50. The Bertz CT molecular complexity index is 756. The van der Waals surface area contributed by atoms with Crippen LogP contribution in [0.5, 0.6) is 0 Å². The van der Waals surface area contributed by atoms with Crippen LogP contribution in [0.15, 0.2) is 42.9 Å². The third-order valence-corrected chi connectivity index (χ3v) is 5.70. The first-order valence-corrected chi connectivity index (χ1v) is 9.85. The normalized spacial score (nSPS) is 21.3. The Morgan fingerprint density at radius 2 is 1.89 bits per heavy atom. The van der Waals surface area contributed by atoms with Crippen molar-refractivity contribution in [2.75, 3.05) is 37.6 Å². The van der Waals surface area contributed by atoms with Crippen LogP contribution in [0.1, 0.15) is 41.7 Å². The summed E-state index contributed by atoms with van der Waals surface area (Å²) < 4.78 is 0. The Labute approximate surface area is 160 Å². The van der Waals surface area contributed by atoms with E-state index in [0.29, 0.717) is 12.1 Å². The van der Waals surface area contributed by atoms with Crippen LogP contribution in [0, 0.1) is 5.92 Å². The highest BCUT2D eigenvalue weighted by Crippen LogP contribution is 2.25. The number of hydrogen-bond donors (Lipinski definition) is 1. The van der Waals surface area contributed by atoms with Crippen LogP contribution in [-0.2, 0) is 0 Å². The number of piperidine rings is 1. The molecule has 6 nitrogen and oxygen atoms in total. The lowest BCUT2D eigenvalue weighted by molar-refractivity contribution is 0.0634. The highest BCUT2D eigenvalue weighted by molar-refractivity contribution is 5.94. The second-order valence-corrected chi connectivity index (χ2v) is 7.57. The summed E-state index contributed by atoms with van der Waals surface area (Å²) in [6.07, 6.45) is 7.71. The number of carbonyl (C=O) groups excluding carboxylic acids is 1. The molecule has 1 amide bonds. The van der Waals surface area contributed by atoms with E-state index in [1.807, 2.05) is 29.2 Å². The molecule has 2 aromatic rings. The van der Waals surface area contributed by atoms with Crippen molar-refractivity contribution in [2.24, 2.45) is 5.92 Å². The molecule has 2 saturated heterocycles. The van der Waals surface area contributed by atoms with E-state index in [1.165, 1.54) is 12.8 Å². The van der Waals surface area contributed by atoms with Gasteiger partial charge in [-0.05, 0) is 48.6 Å². The van der Waals surface area contributed by atoms with Gasteiger partial charge in [-0.1, -0.05) is 6.92 Å². The summed E-state index contributed by atoms with van der Waals surface area (Å²) in [6, 6.07) is 7.91. The molecule has 6 heteroatoms. The van der Waals surface area contributed by atoms with Crippen molar-refractivity contribution < 1.29 is 4.79 Å². The van der Waals surface area contributed by atoms with Crippen LogP contribution in [0.4, 0.5) is 5.82 Å². The molecule has 0 aliphatic carbocycles. The third-order valence-electron chi connectivity index (χ3n) is 5.70. The van der Waals surface area contributed by atoms with Gasteiger partial charge in [0.1, 0.15) is 5.82 Å². The lowest BCUT2D eigenvalue weighted by Crippen LogP contribution is -2.48. The van der Waals surface area contributed by atoms with Gasteiger partial charge >= 0.3 is 0 Å². The van der Waals surface area contributed by atoms with Crippen molar-refractivity contribution >= 4 is 11.7 Å². The van der Waals surface area contributed by atoms with Crippen molar-refractivity contribution in [3.8, 4) is 0 Å². The molecular formula is C21H27N5O. The molecule has 2 aromatic heterocycles. The molecule has 2 fully saturated rings. The van der Waals surface area contributed by atoms with Crippen LogP contribution in [-0.4, -0.2) is 53.5 Å². The fourth-order valence-corrected chi connectivity index (χ4v) is 3.93. The third kappa shape index (κ3) is 3.95. The monoisotopic (exact) mass is 365 g/mol. The second kappa shape index (κ2) is 8.05. The average molecular weight is 365 g/mol. The van der Waals surface area contributed by atoms with E-state index in [2.05, 4.69) is 27.1 Å². The molecule has 2 aliphatic heterocycles. The van der Waals surface area contributed by atoms with E-state index in [-0.39, 0.29) is 11.9 Å². The van der Waals surface area contributed by atoms with Gasteiger partial charge in [-0.3, -0.25) is 9.78 Å². The first-order valence-electron chi connectivity index (χ1n) is 9.85. The number of nitrogens with one attached hydrogen (secondary N) is 1. The van der Waals surface area contributed by atoms with Gasteiger partial charge in [0, 0.05) is 51.3 Å². The van der Waals surface area contributed by atoms with Crippen LogP contribution in [0.2, 0.25) is 0 Å². The number of carbonyl (C=O) groups is 1. The highest BCUT2D eigenvalue weighted by Gasteiger charge is 2.29. The van der Waals surface area contributed by atoms with Crippen LogP contribution in [0.3, 0.4) is 0 Å². The Hall–Kier alpha value is -2.47. The fourth-order valence-electron chi connectivity index (χ4n) is 3.93. The van der Waals surface area contributed by atoms with Crippen molar-refractivity contribution in [1.82, 2.24) is 20.2 Å². The van der Waals surface area contributed by atoms with Gasteiger partial charge < -0.3 is 15.1 Å². The van der Waals surface area contributed by atoms with Crippen LogP contribution in [0.25, 0.3) is 0 Å². The van der Waals surface area contributed by atoms with Gasteiger partial charge in [0.25, 0.3) is 5.91 Å². The Morgan fingerprint density at radius 3 is 2.59 bits per heavy atom. The molecule has 27 heavy (non-hydrogen) atoms. The van der Waals surface area contributed by atoms with Crippen molar-refractivity contribution in [3.63, 3.8) is 0 Å². The molecular weight excluding hydrogens is 338 g/mol. The molecule has 0 saturated carbocycles. The van der Waals surface area contributed by atoms with E-state index in [9.17, 15) is 4.79 Å². The molecule has 4 heterocycles. The van der Waals surface area contributed by atoms with Crippen molar-refractivity contribution in [1.29, 1.82) is 0 Å². The Morgan fingerprint density at radius 1 is 1.11 bits per heavy atom. The summed E-state index contributed by atoms with van der Waals surface area (Å²) in [5.74, 6) is 1.81. The van der Waals surface area contributed by atoms with Crippen molar-refractivity contribution in [2.45, 2.75) is 25.8 Å². The number of rotatable bonds is 3. The van der Waals surface area contributed by atoms with E-state index in [1.54, 1.807) is 18.6 Å². The molecule has 2 aliphatic rings. The van der Waals surface area contributed by atoms with Gasteiger partial charge in [0.2, 0.25) is 0 Å². The highest BCUT2D eigenvalue weighted by atomic mass is 16.2. The molecule has 1 N–H and O–H groups in total. The molecule has 4 rings (SSSR count). The summed E-state index contributed by atoms with van der Waals surface area (Å²) in [5, 5.41) is 3.39. The zero-order valence-corrected chi connectivity index (χ0v) is 15.8.